The van der Waals surface area contributed by atoms with E-state index in [-0.39, 0.29) is 12.4 Å². The number of nitrogens with one attached hydrogen (secondary N) is 1. The molecule has 0 aromatic carbocycles. The summed E-state index contributed by atoms with van der Waals surface area (Å²) in [6.07, 6.45) is 6.72. The monoisotopic (exact) mass is 302 g/mol. The molecule has 2 heterocycles. The van der Waals surface area contributed by atoms with E-state index in [9.17, 15) is 4.79 Å². The van der Waals surface area contributed by atoms with E-state index in [0.29, 0.717) is 23.8 Å². The first kappa shape index (κ1) is 17.8. The van der Waals surface area contributed by atoms with Gasteiger partial charge in [0.15, 0.2) is 0 Å². The highest BCUT2D eigenvalue weighted by molar-refractivity contribution is 5.85. The highest BCUT2D eigenvalue weighted by Gasteiger charge is 2.29. The number of likely N-dealkylation sites (tertiary alicyclic amines) is 1. The molecule has 0 aromatic rings. The second-order valence-corrected chi connectivity index (χ2v) is 7.37. The topological polar surface area (TPSA) is 32.3 Å². The predicted molar refractivity (Wildman–Crippen MR) is 86.3 cm³/mol. The molecule has 0 aromatic heterocycles. The fourth-order valence-electron chi connectivity index (χ4n) is 3.48. The Hall–Kier alpha value is -0.280. The summed E-state index contributed by atoms with van der Waals surface area (Å²) in [6.45, 7) is 10.0. The van der Waals surface area contributed by atoms with E-state index in [1.165, 1.54) is 32.1 Å². The molecule has 2 aliphatic rings. The second-order valence-electron chi connectivity index (χ2n) is 7.37. The van der Waals surface area contributed by atoms with Gasteiger partial charge in [-0.1, -0.05) is 20.8 Å². The maximum atomic E-state index is 12.3. The number of amides is 1. The van der Waals surface area contributed by atoms with Crippen LogP contribution in [0, 0.1) is 11.3 Å². The van der Waals surface area contributed by atoms with E-state index in [4.69, 9.17) is 0 Å². The van der Waals surface area contributed by atoms with Crippen molar-refractivity contribution in [3.63, 3.8) is 0 Å². The molecule has 2 unspecified atom stereocenters. The Balaban J connectivity index is 0.00000200. The van der Waals surface area contributed by atoms with Crippen molar-refractivity contribution in [2.45, 2.75) is 65.3 Å². The first-order valence-electron chi connectivity index (χ1n) is 7.98. The van der Waals surface area contributed by atoms with Crippen LogP contribution < -0.4 is 5.32 Å². The van der Waals surface area contributed by atoms with Gasteiger partial charge in [-0.05, 0) is 50.0 Å². The Morgan fingerprint density at radius 1 is 1.15 bits per heavy atom. The summed E-state index contributed by atoms with van der Waals surface area (Å²) in [7, 11) is 0. The Bertz CT molecular complexity index is 308. The maximum Gasteiger partial charge on any atom is 0.224 e. The van der Waals surface area contributed by atoms with Crippen LogP contribution in [0.4, 0.5) is 0 Å². The summed E-state index contributed by atoms with van der Waals surface area (Å²) in [5.74, 6) is 1.13. The van der Waals surface area contributed by atoms with E-state index >= 15 is 0 Å². The number of carbonyl (C=O) groups is 1. The van der Waals surface area contributed by atoms with Crippen molar-refractivity contribution in [2.24, 2.45) is 11.3 Å². The molecule has 2 fully saturated rings. The highest BCUT2D eigenvalue weighted by atomic mass is 35.5. The van der Waals surface area contributed by atoms with Gasteiger partial charge < -0.3 is 10.2 Å². The van der Waals surface area contributed by atoms with Gasteiger partial charge in [-0.3, -0.25) is 4.79 Å². The molecule has 4 heteroatoms. The standard InChI is InChI=1S/C16H30N2O.ClH/c1-16(2,3)13-6-5-10-18(11-8-13)15(19)12-14-7-4-9-17-14;/h13-14,17H,4-12H2,1-3H3;1H. The Morgan fingerprint density at radius 2 is 1.90 bits per heavy atom. The first-order valence-corrected chi connectivity index (χ1v) is 7.98. The molecular formula is C16H31ClN2O. The zero-order valence-electron chi connectivity index (χ0n) is 13.3. The summed E-state index contributed by atoms with van der Waals surface area (Å²) < 4.78 is 0. The van der Waals surface area contributed by atoms with Crippen molar-refractivity contribution in [1.82, 2.24) is 10.2 Å². The normalized spacial score (nSPS) is 27.9. The van der Waals surface area contributed by atoms with Crippen molar-refractivity contribution in [2.75, 3.05) is 19.6 Å². The lowest BCUT2D eigenvalue weighted by Gasteiger charge is -2.29. The van der Waals surface area contributed by atoms with Gasteiger partial charge >= 0.3 is 0 Å². The summed E-state index contributed by atoms with van der Waals surface area (Å²) >= 11 is 0. The van der Waals surface area contributed by atoms with Crippen LogP contribution in [-0.2, 0) is 4.79 Å². The minimum atomic E-state index is 0. The molecular weight excluding hydrogens is 272 g/mol. The molecule has 0 saturated carbocycles. The molecule has 3 nitrogen and oxygen atoms in total. The smallest absolute Gasteiger partial charge is 0.224 e. The third-order valence-corrected chi connectivity index (χ3v) is 4.89. The van der Waals surface area contributed by atoms with Crippen LogP contribution >= 0.6 is 12.4 Å². The van der Waals surface area contributed by atoms with E-state index in [0.717, 1.165) is 25.6 Å². The lowest BCUT2D eigenvalue weighted by Crippen LogP contribution is -2.36. The van der Waals surface area contributed by atoms with Crippen LogP contribution in [0.1, 0.15) is 59.3 Å². The summed E-state index contributed by atoms with van der Waals surface area (Å²) in [5, 5.41) is 3.43. The zero-order valence-corrected chi connectivity index (χ0v) is 14.1. The molecule has 2 aliphatic heterocycles. The molecule has 0 radical (unpaired) electrons. The number of halogens is 1. The molecule has 0 aliphatic carbocycles. The van der Waals surface area contributed by atoms with Crippen molar-refractivity contribution in [3.05, 3.63) is 0 Å². The van der Waals surface area contributed by atoms with Gasteiger partial charge in [-0.15, -0.1) is 12.4 Å². The van der Waals surface area contributed by atoms with Crippen molar-refractivity contribution < 1.29 is 4.79 Å². The predicted octanol–water partition coefficient (Wildman–Crippen LogP) is 3.23. The van der Waals surface area contributed by atoms with Crippen LogP contribution in [0.2, 0.25) is 0 Å². The maximum absolute atomic E-state index is 12.3. The highest BCUT2D eigenvalue weighted by Crippen LogP contribution is 2.34. The molecule has 0 spiro atoms. The third-order valence-electron chi connectivity index (χ3n) is 4.89. The molecule has 20 heavy (non-hydrogen) atoms. The second kappa shape index (κ2) is 7.65. The van der Waals surface area contributed by atoms with Crippen LogP contribution in [0.15, 0.2) is 0 Å². The average molecular weight is 303 g/mol. The van der Waals surface area contributed by atoms with E-state index in [1.54, 1.807) is 0 Å². The van der Waals surface area contributed by atoms with Crippen LogP contribution in [0.5, 0.6) is 0 Å². The number of hydrogen-bond donors (Lipinski definition) is 1. The summed E-state index contributed by atoms with van der Waals surface area (Å²) in [4.78, 5) is 14.5. The number of nitrogens with zero attached hydrogens (tertiary/aromatic N) is 1. The largest absolute Gasteiger partial charge is 0.343 e. The van der Waals surface area contributed by atoms with Crippen LogP contribution in [0.3, 0.4) is 0 Å². The lowest BCUT2D eigenvalue weighted by atomic mass is 9.77. The quantitative estimate of drug-likeness (QED) is 0.849. The van der Waals surface area contributed by atoms with Gasteiger partial charge in [0.05, 0.1) is 0 Å². The van der Waals surface area contributed by atoms with Gasteiger partial charge in [0.1, 0.15) is 0 Å². The average Bonchev–Trinajstić information content (AvgIpc) is 2.69. The molecule has 118 valence electrons. The molecule has 2 saturated heterocycles. The summed E-state index contributed by atoms with van der Waals surface area (Å²) in [6, 6.07) is 0.439. The molecule has 1 N–H and O–H groups in total. The zero-order chi connectivity index (χ0) is 13.9. The van der Waals surface area contributed by atoms with Gasteiger partial charge in [-0.2, -0.15) is 0 Å². The Kier molecular flexibility index (Phi) is 6.80. The fourth-order valence-corrected chi connectivity index (χ4v) is 3.48. The molecule has 0 bridgehead atoms. The molecule has 2 atom stereocenters. The Morgan fingerprint density at radius 3 is 2.50 bits per heavy atom. The van der Waals surface area contributed by atoms with Gasteiger partial charge in [0, 0.05) is 25.6 Å². The van der Waals surface area contributed by atoms with Crippen molar-refractivity contribution in [1.29, 1.82) is 0 Å². The third kappa shape index (κ3) is 4.92. The van der Waals surface area contributed by atoms with Gasteiger partial charge in [0.2, 0.25) is 5.91 Å². The van der Waals surface area contributed by atoms with Crippen LogP contribution in [-0.4, -0.2) is 36.5 Å². The minimum absolute atomic E-state index is 0. The first-order chi connectivity index (χ1) is 8.97. The van der Waals surface area contributed by atoms with E-state index in [1.807, 2.05) is 0 Å². The Labute approximate surface area is 130 Å². The van der Waals surface area contributed by atoms with Crippen molar-refractivity contribution >= 4 is 18.3 Å². The SMILES string of the molecule is CC(C)(C)C1CCCN(C(=O)CC2CCCN2)CC1.Cl. The fraction of sp³-hybridized carbons (Fsp3) is 0.938. The molecule has 1 amide bonds. The van der Waals surface area contributed by atoms with Gasteiger partial charge in [0.25, 0.3) is 0 Å². The number of carbonyl (C=O) groups excluding carboxylic acids is 1. The number of rotatable bonds is 2. The lowest BCUT2D eigenvalue weighted by molar-refractivity contribution is -0.131. The molecule has 2 rings (SSSR count). The van der Waals surface area contributed by atoms with Crippen LogP contribution in [0.25, 0.3) is 0 Å². The number of hydrogen-bond acceptors (Lipinski definition) is 2. The summed E-state index contributed by atoms with van der Waals surface area (Å²) in [5.41, 5.74) is 0.381. The van der Waals surface area contributed by atoms with Gasteiger partial charge in [-0.25, -0.2) is 0 Å². The van der Waals surface area contributed by atoms with Crippen molar-refractivity contribution in [3.8, 4) is 0 Å². The van der Waals surface area contributed by atoms with E-state index in [2.05, 4.69) is 31.0 Å². The van der Waals surface area contributed by atoms with E-state index < -0.39 is 0 Å². The minimum Gasteiger partial charge on any atom is -0.343 e.